The van der Waals surface area contributed by atoms with Crippen LogP contribution in [0.3, 0.4) is 0 Å². The van der Waals surface area contributed by atoms with E-state index in [1.807, 2.05) is 0 Å². The van der Waals surface area contributed by atoms with Crippen LogP contribution in [0.5, 0.6) is 0 Å². The molecule has 0 aliphatic heterocycles. The molecule has 3 nitrogen and oxygen atoms in total. The Hall–Kier alpha value is -2.12. The van der Waals surface area contributed by atoms with E-state index in [2.05, 4.69) is 4.74 Å². The van der Waals surface area contributed by atoms with Crippen LogP contribution < -0.4 is 0 Å². The summed E-state index contributed by atoms with van der Waals surface area (Å²) in [5.41, 5.74) is -4.15. The molecule has 1 rings (SSSR count). The number of benzene rings is 1. The first-order valence-electron chi connectivity index (χ1n) is 8.22. The molecule has 0 aliphatic carbocycles. The predicted octanol–water partition coefficient (Wildman–Crippen LogP) is 4.87. The molecule has 0 aliphatic rings. The summed E-state index contributed by atoms with van der Waals surface area (Å²) in [6, 6.07) is 6.65. The second-order valence-corrected chi connectivity index (χ2v) is 6.52. The second-order valence-electron chi connectivity index (χ2n) is 6.52. The molecule has 1 aromatic rings. The molecule has 14 heteroatoms. The lowest BCUT2D eigenvalue weighted by Crippen LogP contribution is -2.65. The average molecular weight is 476 g/mol. The van der Waals surface area contributed by atoms with E-state index in [0.29, 0.717) is 7.11 Å². The fourth-order valence-corrected chi connectivity index (χ4v) is 2.79. The number of carbonyl (C=O) groups is 1. The molecule has 0 spiro atoms. The fourth-order valence-electron chi connectivity index (χ4n) is 2.79. The summed E-state index contributed by atoms with van der Waals surface area (Å²) in [5.74, 6) is -21.3. The van der Waals surface area contributed by atoms with Gasteiger partial charge in [-0.05, 0) is 18.4 Å². The van der Waals surface area contributed by atoms with Crippen molar-refractivity contribution in [1.29, 1.82) is 0 Å². The third-order valence-corrected chi connectivity index (χ3v) is 4.46. The van der Waals surface area contributed by atoms with Gasteiger partial charge in [0.2, 0.25) is 0 Å². The Kier molecular flexibility index (Phi) is 7.63. The van der Waals surface area contributed by atoms with Crippen molar-refractivity contribution in [2.45, 2.75) is 48.8 Å². The normalized spacial score (nSPS) is 17.6. The Bertz CT molecular complexity index is 746. The number of hydrogen-bond acceptors (Lipinski definition) is 3. The van der Waals surface area contributed by atoms with Gasteiger partial charge in [-0.3, -0.25) is 0 Å². The van der Waals surface area contributed by atoms with Crippen LogP contribution in [0.15, 0.2) is 30.3 Å². The van der Waals surface area contributed by atoms with Crippen molar-refractivity contribution in [1.82, 2.24) is 0 Å². The van der Waals surface area contributed by atoms with Gasteiger partial charge in [0, 0.05) is 0 Å². The SMILES string of the molecule is COC(=O)C(O)(CCc1ccccc1)C(C(F)C(F)(F)C(F)(F)C(F)(F)F)C(F)(F)F. The Balaban J connectivity index is 3.54. The number of aryl methyl sites for hydroxylation is 1. The molecular weight excluding hydrogens is 461 g/mol. The minimum atomic E-state index is -7.25. The lowest BCUT2D eigenvalue weighted by atomic mass is 9.76. The Morgan fingerprint density at radius 1 is 0.968 bits per heavy atom. The highest BCUT2D eigenvalue weighted by Gasteiger charge is 2.80. The van der Waals surface area contributed by atoms with Crippen molar-refractivity contribution < 1.29 is 62.9 Å². The number of hydrogen-bond donors (Lipinski definition) is 1. The summed E-state index contributed by atoms with van der Waals surface area (Å²) >= 11 is 0. The lowest BCUT2D eigenvalue weighted by Gasteiger charge is -2.40. The van der Waals surface area contributed by atoms with Crippen LogP contribution >= 0.6 is 0 Å². The maximum Gasteiger partial charge on any atom is 0.459 e. The molecule has 1 N–H and O–H groups in total. The number of alkyl halides is 11. The predicted molar refractivity (Wildman–Crippen MR) is 82.1 cm³/mol. The van der Waals surface area contributed by atoms with Gasteiger partial charge >= 0.3 is 30.2 Å². The number of carbonyl (C=O) groups excluding carboxylic acids is 1. The first kappa shape index (κ1) is 26.9. The van der Waals surface area contributed by atoms with Crippen LogP contribution in [0.2, 0.25) is 0 Å². The van der Waals surface area contributed by atoms with E-state index in [0.717, 1.165) is 0 Å². The molecule has 3 atom stereocenters. The summed E-state index contributed by atoms with van der Waals surface area (Å²) in [6.45, 7) is 0. The van der Waals surface area contributed by atoms with Gasteiger partial charge < -0.3 is 9.84 Å². The van der Waals surface area contributed by atoms with Crippen LogP contribution in [-0.4, -0.2) is 54.2 Å². The Labute approximate surface area is 167 Å². The van der Waals surface area contributed by atoms with Crippen molar-refractivity contribution >= 4 is 5.97 Å². The smallest absolute Gasteiger partial charge is 0.459 e. The van der Waals surface area contributed by atoms with Crippen LogP contribution in [0.4, 0.5) is 48.3 Å². The van der Waals surface area contributed by atoms with E-state index in [4.69, 9.17) is 0 Å². The van der Waals surface area contributed by atoms with Crippen LogP contribution in [-0.2, 0) is 16.0 Å². The lowest BCUT2D eigenvalue weighted by molar-refractivity contribution is -0.380. The van der Waals surface area contributed by atoms with Gasteiger partial charge in [-0.15, -0.1) is 0 Å². The summed E-state index contributed by atoms with van der Waals surface area (Å²) in [4.78, 5) is 11.8. The molecule has 178 valence electrons. The van der Waals surface area contributed by atoms with E-state index in [1.54, 1.807) is 0 Å². The number of ether oxygens (including phenoxy) is 1. The first-order chi connectivity index (χ1) is 13.8. The Morgan fingerprint density at radius 2 is 1.45 bits per heavy atom. The minimum Gasteiger partial charge on any atom is -0.467 e. The van der Waals surface area contributed by atoms with Gasteiger partial charge in [0.15, 0.2) is 11.8 Å². The van der Waals surface area contributed by atoms with E-state index in [1.165, 1.54) is 30.3 Å². The third-order valence-electron chi connectivity index (χ3n) is 4.46. The van der Waals surface area contributed by atoms with Gasteiger partial charge in [0.25, 0.3) is 0 Å². The largest absolute Gasteiger partial charge is 0.467 e. The van der Waals surface area contributed by atoms with Gasteiger partial charge in [-0.1, -0.05) is 30.3 Å². The first-order valence-corrected chi connectivity index (χ1v) is 8.22. The molecule has 0 amide bonds. The standard InChI is InChI=1S/C17H15F11O3/c1-31-12(29)13(30,8-7-9-5-3-2-4-6-9)10(15(21,22)23)11(18)14(19,20)16(24,25)17(26,27)28/h2-6,10-11,30H,7-8H2,1H3. The summed E-state index contributed by atoms with van der Waals surface area (Å²) in [7, 11) is 0.374. The highest BCUT2D eigenvalue weighted by atomic mass is 19.4. The maximum atomic E-state index is 14.3. The van der Waals surface area contributed by atoms with Crippen LogP contribution in [0.1, 0.15) is 12.0 Å². The van der Waals surface area contributed by atoms with Gasteiger partial charge in [-0.25, -0.2) is 9.18 Å². The van der Waals surface area contributed by atoms with E-state index < -0.39 is 60.7 Å². The van der Waals surface area contributed by atoms with E-state index in [9.17, 15) is 58.2 Å². The molecule has 31 heavy (non-hydrogen) atoms. The van der Waals surface area contributed by atoms with Crippen molar-refractivity contribution in [2.75, 3.05) is 7.11 Å². The monoisotopic (exact) mass is 476 g/mol. The minimum absolute atomic E-state index is 0.105. The van der Waals surface area contributed by atoms with E-state index in [-0.39, 0.29) is 5.56 Å². The topological polar surface area (TPSA) is 46.5 Å². The number of halogens is 11. The summed E-state index contributed by atoms with van der Waals surface area (Å²) < 4.78 is 149. The van der Waals surface area contributed by atoms with Gasteiger partial charge in [-0.2, -0.15) is 43.9 Å². The quantitative estimate of drug-likeness (QED) is 0.430. The number of esters is 1. The van der Waals surface area contributed by atoms with Gasteiger partial charge in [0.05, 0.1) is 7.11 Å². The molecular formula is C17H15F11O3. The zero-order valence-corrected chi connectivity index (χ0v) is 15.4. The van der Waals surface area contributed by atoms with Crippen molar-refractivity contribution in [3.63, 3.8) is 0 Å². The summed E-state index contributed by atoms with van der Waals surface area (Å²) in [5, 5.41) is 10.2. The molecule has 0 radical (unpaired) electrons. The highest BCUT2D eigenvalue weighted by molar-refractivity contribution is 5.80. The molecule has 0 aromatic heterocycles. The van der Waals surface area contributed by atoms with Crippen molar-refractivity contribution in [2.24, 2.45) is 5.92 Å². The highest BCUT2D eigenvalue weighted by Crippen LogP contribution is 2.54. The van der Waals surface area contributed by atoms with Crippen LogP contribution in [0, 0.1) is 5.92 Å². The molecule has 0 saturated carbocycles. The fraction of sp³-hybridized carbons (Fsp3) is 0.588. The molecule has 3 unspecified atom stereocenters. The molecule has 0 heterocycles. The number of methoxy groups -OCH3 is 1. The Morgan fingerprint density at radius 3 is 1.84 bits per heavy atom. The average Bonchev–Trinajstić information content (AvgIpc) is 2.64. The molecule has 0 fully saturated rings. The zero-order chi connectivity index (χ0) is 24.5. The summed E-state index contributed by atoms with van der Waals surface area (Å²) in [6.07, 6.45) is -21.0. The maximum absolute atomic E-state index is 14.3. The zero-order valence-electron chi connectivity index (χ0n) is 15.4. The van der Waals surface area contributed by atoms with E-state index >= 15 is 0 Å². The van der Waals surface area contributed by atoms with Crippen LogP contribution in [0.25, 0.3) is 0 Å². The van der Waals surface area contributed by atoms with Crippen molar-refractivity contribution in [3.8, 4) is 0 Å². The molecule has 0 bridgehead atoms. The molecule has 1 aromatic carbocycles. The number of aliphatic hydroxyl groups is 1. The third kappa shape index (κ3) is 5.21. The second kappa shape index (κ2) is 8.79. The van der Waals surface area contributed by atoms with Crippen molar-refractivity contribution in [3.05, 3.63) is 35.9 Å². The van der Waals surface area contributed by atoms with Gasteiger partial charge in [0.1, 0.15) is 5.92 Å². The molecule has 0 saturated heterocycles. The number of rotatable bonds is 8.